The highest BCUT2D eigenvalue weighted by Crippen LogP contribution is 2.19. The van der Waals surface area contributed by atoms with Crippen LogP contribution < -0.4 is 16.0 Å². The minimum absolute atomic E-state index is 0.0774. The zero-order valence-electron chi connectivity index (χ0n) is 17.1. The van der Waals surface area contributed by atoms with Gasteiger partial charge in [0.1, 0.15) is 0 Å². The number of carbonyl (C=O) groups is 4. The Morgan fingerprint density at radius 3 is 2.31 bits per heavy atom. The molecule has 0 bridgehead atoms. The fourth-order valence-corrected chi connectivity index (χ4v) is 3.27. The van der Waals surface area contributed by atoms with Crippen molar-refractivity contribution < 1.29 is 23.9 Å². The Morgan fingerprint density at radius 1 is 1.10 bits per heavy atom. The standard InChI is InChI=1S/C21H29N3O5/c1-13-8-10-16(11-9-13)18(22-15(3)25)12-19(26)29-14(2)20(27)24-21(28)23-17-6-4-5-7-17/h8-11,14,17-18H,4-7,12H2,1-3H3,(H,22,25)(H2,23,24,27,28). The normalized spacial score (nSPS) is 15.8. The van der Waals surface area contributed by atoms with E-state index in [4.69, 9.17) is 4.74 Å². The summed E-state index contributed by atoms with van der Waals surface area (Å²) >= 11 is 0. The third-order valence-corrected chi connectivity index (χ3v) is 4.83. The van der Waals surface area contributed by atoms with Crippen molar-refractivity contribution in [2.75, 3.05) is 0 Å². The molecule has 1 aromatic rings. The summed E-state index contributed by atoms with van der Waals surface area (Å²) < 4.78 is 5.16. The molecule has 0 saturated heterocycles. The van der Waals surface area contributed by atoms with Gasteiger partial charge in [0.05, 0.1) is 12.5 Å². The molecule has 0 aromatic heterocycles. The highest BCUT2D eigenvalue weighted by Gasteiger charge is 2.24. The van der Waals surface area contributed by atoms with Gasteiger partial charge < -0.3 is 15.4 Å². The number of urea groups is 1. The first-order valence-electron chi connectivity index (χ1n) is 9.89. The summed E-state index contributed by atoms with van der Waals surface area (Å²) in [7, 11) is 0. The number of rotatable bonds is 7. The lowest BCUT2D eigenvalue weighted by atomic mass is 10.0. The van der Waals surface area contributed by atoms with Gasteiger partial charge in [-0.3, -0.25) is 19.7 Å². The van der Waals surface area contributed by atoms with E-state index in [1.165, 1.54) is 13.8 Å². The van der Waals surface area contributed by atoms with Crippen molar-refractivity contribution in [2.45, 2.75) is 71.1 Å². The predicted molar refractivity (Wildman–Crippen MR) is 107 cm³/mol. The van der Waals surface area contributed by atoms with Crippen molar-refractivity contribution in [1.29, 1.82) is 0 Å². The number of amides is 4. The molecule has 158 valence electrons. The second kappa shape index (κ2) is 10.6. The molecular formula is C21H29N3O5. The maximum atomic E-state index is 12.3. The number of nitrogens with one attached hydrogen (secondary N) is 3. The number of carbonyl (C=O) groups excluding carboxylic acids is 4. The van der Waals surface area contributed by atoms with Crippen LogP contribution in [0, 0.1) is 6.92 Å². The number of benzene rings is 1. The van der Waals surface area contributed by atoms with Crippen LogP contribution in [0.3, 0.4) is 0 Å². The quantitative estimate of drug-likeness (QED) is 0.605. The Bertz CT molecular complexity index is 741. The fourth-order valence-electron chi connectivity index (χ4n) is 3.27. The minimum Gasteiger partial charge on any atom is -0.452 e. The highest BCUT2D eigenvalue weighted by atomic mass is 16.5. The van der Waals surface area contributed by atoms with E-state index in [1.807, 2.05) is 31.2 Å². The van der Waals surface area contributed by atoms with Crippen molar-refractivity contribution in [1.82, 2.24) is 16.0 Å². The van der Waals surface area contributed by atoms with Crippen molar-refractivity contribution >= 4 is 23.8 Å². The molecule has 1 fully saturated rings. The number of hydrogen-bond acceptors (Lipinski definition) is 5. The predicted octanol–water partition coefficient (Wildman–Crippen LogP) is 2.26. The van der Waals surface area contributed by atoms with Gasteiger partial charge in [-0.25, -0.2) is 4.79 Å². The van der Waals surface area contributed by atoms with Crippen LogP contribution in [0.25, 0.3) is 0 Å². The van der Waals surface area contributed by atoms with Crippen molar-refractivity contribution in [3.8, 4) is 0 Å². The van der Waals surface area contributed by atoms with Gasteiger partial charge in [0.15, 0.2) is 6.10 Å². The molecule has 29 heavy (non-hydrogen) atoms. The zero-order valence-corrected chi connectivity index (χ0v) is 17.1. The summed E-state index contributed by atoms with van der Waals surface area (Å²) in [4.78, 5) is 47.8. The molecule has 3 N–H and O–H groups in total. The molecule has 0 aliphatic heterocycles. The van der Waals surface area contributed by atoms with E-state index in [0.717, 1.165) is 36.8 Å². The van der Waals surface area contributed by atoms with Gasteiger partial charge in [0.25, 0.3) is 5.91 Å². The van der Waals surface area contributed by atoms with Crippen molar-refractivity contribution in [2.24, 2.45) is 0 Å². The monoisotopic (exact) mass is 403 g/mol. The average molecular weight is 403 g/mol. The first kappa shape index (κ1) is 22.4. The Hall–Kier alpha value is -2.90. The van der Waals surface area contributed by atoms with E-state index in [2.05, 4.69) is 16.0 Å². The van der Waals surface area contributed by atoms with Crippen molar-refractivity contribution in [3.63, 3.8) is 0 Å². The van der Waals surface area contributed by atoms with Crippen LogP contribution in [0.1, 0.15) is 63.1 Å². The lowest BCUT2D eigenvalue weighted by Gasteiger charge is -2.20. The van der Waals surface area contributed by atoms with Gasteiger partial charge in [-0.1, -0.05) is 42.7 Å². The van der Waals surface area contributed by atoms with Gasteiger partial charge in [0.2, 0.25) is 5.91 Å². The second-order valence-corrected chi connectivity index (χ2v) is 7.44. The van der Waals surface area contributed by atoms with E-state index < -0.39 is 30.1 Å². The Balaban J connectivity index is 1.87. The third-order valence-electron chi connectivity index (χ3n) is 4.83. The zero-order chi connectivity index (χ0) is 21.4. The molecule has 8 nitrogen and oxygen atoms in total. The van der Waals surface area contributed by atoms with E-state index in [-0.39, 0.29) is 18.4 Å². The molecule has 1 aromatic carbocycles. The van der Waals surface area contributed by atoms with E-state index in [0.29, 0.717) is 0 Å². The van der Waals surface area contributed by atoms with Crippen LogP contribution >= 0.6 is 0 Å². The molecule has 2 rings (SSSR count). The molecule has 2 atom stereocenters. The number of hydrogen-bond donors (Lipinski definition) is 3. The summed E-state index contributed by atoms with van der Waals surface area (Å²) in [5, 5.41) is 7.66. The van der Waals surface area contributed by atoms with Gasteiger partial charge in [-0.05, 0) is 32.3 Å². The smallest absolute Gasteiger partial charge is 0.321 e. The lowest BCUT2D eigenvalue weighted by molar-refractivity contribution is -0.155. The summed E-state index contributed by atoms with van der Waals surface area (Å²) in [5.74, 6) is -1.62. The average Bonchev–Trinajstić information content (AvgIpc) is 3.14. The second-order valence-electron chi connectivity index (χ2n) is 7.44. The van der Waals surface area contributed by atoms with E-state index >= 15 is 0 Å². The number of ether oxygens (including phenoxy) is 1. The number of aryl methyl sites for hydroxylation is 1. The summed E-state index contributed by atoms with van der Waals surface area (Å²) in [6, 6.07) is 6.35. The first-order chi connectivity index (χ1) is 13.7. The van der Waals surface area contributed by atoms with Crippen LogP contribution in [0.2, 0.25) is 0 Å². The van der Waals surface area contributed by atoms with Gasteiger partial charge in [0, 0.05) is 13.0 Å². The molecule has 0 radical (unpaired) electrons. The maximum absolute atomic E-state index is 12.3. The SMILES string of the molecule is CC(=O)NC(CC(=O)OC(C)C(=O)NC(=O)NC1CCCC1)c1ccc(C)cc1. The van der Waals surface area contributed by atoms with Crippen LogP contribution in [-0.4, -0.2) is 36.0 Å². The minimum atomic E-state index is -1.13. The summed E-state index contributed by atoms with van der Waals surface area (Å²) in [6.07, 6.45) is 2.65. The molecule has 4 amide bonds. The van der Waals surface area contributed by atoms with Crippen LogP contribution in [0.15, 0.2) is 24.3 Å². The van der Waals surface area contributed by atoms with Gasteiger partial charge in [-0.2, -0.15) is 0 Å². The molecule has 0 spiro atoms. The summed E-state index contributed by atoms with van der Waals surface area (Å²) in [6.45, 7) is 4.70. The molecule has 1 aliphatic rings. The third kappa shape index (κ3) is 7.56. The molecule has 8 heteroatoms. The maximum Gasteiger partial charge on any atom is 0.321 e. The van der Waals surface area contributed by atoms with Crippen LogP contribution in [0.5, 0.6) is 0 Å². The molecular weight excluding hydrogens is 374 g/mol. The molecule has 0 heterocycles. The molecule has 2 unspecified atom stereocenters. The fraction of sp³-hybridized carbons (Fsp3) is 0.524. The van der Waals surface area contributed by atoms with Crippen LogP contribution in [-0.2, 0) is 19.1 Å². The van der Waals surface area contributed by atoms with E-state index in [9.17, 15) is 19.2 Å². The molecule has 1 aliphatic carbocycles. The van der Waals surface area contributed by atoms with E-state index in [1.54, 1.807) is 0 Å². The van der Waals surface area contributed by atoms with Gasteiger partial charge in [-0.15, -0.1) is 0 Å². The first-order valence-corrected chi connectivity index (χ1v) is 9.89. The number of imide groups is 1. The Labute approximate surface area is 170 Å². The highest BCUT2D eigenvalue weighted by molar-refractivity contribution is 5.97. The van der Waals surface area contributed by atoms with Gasteiger partial charge >= 0.3 is 12.0 Å². The Kier molecular flexibility index (Phi) is 8.18. The van der Waals surface area contributed by atoms with Crippen LogP contribution in [0.4, 0.5) is 4.79 Å². The molecule has 1 saturated carbocycles. The topological polar surface area (TPSA) is 114 Å². The Morgan fingerprint density at radius 2 is 1.72 bits per heavy atom. The van der Waals surface area contributed by atoms with Crippen molar-refractivity contribution in [3.05, 3.63) is 35.4 Å². The lowest BCUT2D eigenvalue weighted by Crippen LogP contribution is -2.47. The summed E-state index contributed by atoms with van der Waals surface area (Å²) in [5.41, 5.74) is 1.81. The number of esters is 1. The largest absolute Gasteiger partial charge is 0.452 e.